The van der Waals surface area contributed by atoms with Gasteiger partial charge in [0.25, 0.3) is 5.91 Å². The van der Waals surface area contributed by atoms with E-state index < -0.39 is 86.5 Å². The minimum absolute atomic E-state index is 0.0452. The SMILES string of the molecule is CCS(=O)(=CC(=O)NCc1ccc(C2=CC(c3cc(C(F)(F)F)cc(C(F)(F)F)c3)(C(F)(F)F)ON2)cc1Cl)NC(=O)C(F)(F)F. The summed E-state index contributed by atoms with van der Waals surface area (Å²) in [6.07, 6.45) is -21.7. The van der Waals surface area contributed by atoms with E-state index in [9.17, 15) is 66.5 Å². The summed E-state index contributed by atoms with van der Waals surface area (Å²) < 4.78 is 174. The van der Waals surface area contributed by atoms with Gasteiger partial charge in [0.05, 0.1) is 31.9 Å². The topological polar surface area (TPSA) is 96.5 Å². The molecule has 0 saturated carbocycles. The molecule has 0 aromatic heterocycles. The Morgan fingerprint density at radius 1 is 0.935 bits per heavy atom. The van der Waals surface area contributed by atoms with Crippen LogP contribution in [0.4, 0.5) is 52.7 Å². The van der Waals surface area contributed by atoms with Gasteiger partial charge in [-0.1, -0.05) is 30.7 Å². The lowest BCUT2D eigenvalue weighted by Crippen LogP contribution is -2.43. The summed E-state index contributed by atoms with van der Waals surface area (Å²) in [5.41, 5.74) is -8.29. The average molecular weight is 720 g/mol. The molecule has 0 radical (unpaired) electrons. The Morgan fingerprint density at radius 2 is 1.50 bits per heavy atom. The molecule has 2 unspecified atom stereocenters. The fraction of sp³-hybridized carbons (Fsp3) is 0.320. The van der Waals surface area contributed by atoms with Gasteiger partial charge in [-0.15, -0.1) is 0 Å². The summed E-state index contributed by atoms with van der Waals surface area (Å²) in [5, 5.41) is 2.20. The molecule has 7 nitrogen and oxygen atoms in total. The number of hydrogen-bond acceptors (Lipinski definition) is 5. The molecular formula is C25H18ClF12N3O4S. The summed E-state index contributed by atoms with van der Waals surface area (Å²) in [6, 6.07) is 2.58. The molecular weight excluding hydrogens is 702 g/mol. The molecule has 0 saturated heterocycles. The second kappa shape index (κ2) is 12.5. The van der Waals surface area contributed by atoms with Crippen molar-refractivity contribution in [2.75, 3.05) is 5.75 Å². The number of hydrogen-bond donors (Lipinski definition) is 3. The summed E-state index contributed by atoms with van der Waals surface area (Å²) in [7, 11) is -3.94. The number of nitrogens with one attached hydrogen (secondary N) is 3. The first-order chi connectivity index (χ1) is 20.8. The molecule has 3 rings (SSSR count). The van der Waals surface area contributed by atoms with Crippen molar-refractivity contribution in [3.05, 3.63) is 75.3 Å². The maximum Gasteiger partial charge on any atom is 0.472 e. The first kappa shape index (κ1) is 36.8. The van der Waals surface area contributed by atoms with Crippen LogP contribution in [0.2, 0.25) is 5.02 Å². The minimum Gasteiger partial charge on any atom is -0.348 e. The molecule has 1 heterocycles. The van der Waals surface area contributed by atoms with Crippen LogP contribution >= 0.6 is 11.6 Å². The quantitative estimate of drug-likeness (QED) is 0.240. The van der Waals surface area contributed by atoms with Crippen LogP contribution in [0.25, 0.3) is 5.70 Å². The van der Waals surface area contributed by atoms with Gasteiger partial charge in [-0.05, 0) is 35.9 Å². The van der Waals surface area contributed by atoms with Crippen LogP contribution in [0.5, 0.6) is 0 Å². The van der Waals surface area contributed by atoms with E-state index in [1.54, 1.807) is 0 Å². The van der Waals surface area contributed by atoms with Crippen LogP contribution < -0.4 is 15.5 Å². The zero-order valence-electron chi connectivity index (χ0n) is 22.5. The molecule has 2 atom stereocenters. The van der Waals surface area contributed by atoms with Gasteiger partial charge in [0.2, 0.25) is 5.60 Å². The van der Waals surface area contributed by atoms with E-state index in [0.29, 0.717) is 5.37 Å². The maximum atomic E-state index is 14.3. The van der Waals surface area contributed by atoms with E-state index in [-0.39, 0.29) is 40.4 Å². The van der Waals surface area contributed by atoms with E-state index >= 15 is 0 Å². The molecule has 254 valence electrons. The molecule has 46 heavy (non-hydrogen) atoms. The van der Waals surface area contributed by atoms with E-state index in [1.165, 1.54) is 4.72 Å². The van der Waals surface area contributed by atoms with E-state index in [2.05, 4.69) is 10.2 Å². The Morgan fingerprint density at radius 3 is 1.96 bits per heavy atom. The Hall–Kier alpha value is -3.65. The zero-order valence-corrected chi connectivity index (χ0v) is 24.1. The van der Waals surface area contributed by atoms with Crippen LogP contribution in [0.15, 0.2) is 42.5 Å². The summed E-state index contributed by atoms with van der Waals surface area (Å²) in [4.78, 5) is 27.9. The van der Waals surface area contributed by atoms with Gasteiger partial charge in [-0.25, -0.2) is 4.21 Å². The van der Waals surface area contributed by atoms with Gasteiger partial charge in [-0.3, -0.25) is 24.6 Å². The summed E-state index contributed by atoms with van der Waals surface area (Å²) in [6.45, 7) is 0.643. The first-order valence-electron chi connectivity index (χ1n) is 12.2. The maximum absolute atomic E-state index is 14.3. The third-order valence-electron chi connectivity index (χ3n) is 6.17. The van der Waals surface area contributed by atoms with Gasteiger partial charge < -0.3 is 5.32 Å². The van der Waals surface area contributed by atoms with Gasteiger partial charge in [0.1, 0.15) is 0 Å². The number of benzene rings is 2. The highest BCUT2D eigenvalue weighted by Gasteiger charge is 2.60. The third kappa shape index (κ3) is 8.19. The largest absolute Gasteiger partial charge is 0.472 e. The van der Waals surface area contributed by atoms with Crippen LogP contribution in [-0.2, 0) is 48.6 Å². The number of carbonyl (C=O) groups is 2. The van der Waals surface area contributed by atoms with Gasteiger partial charge in [-0.2, -0.15) is 52.7 Å². The normalized spacial score (nSPS) is 18.7. The van der Waals surface area contributed by atoms with Crippen LogP contribution in [-0.4, -0.2) is 39.5 Å². The number of rotatable bonds is 7. The van der Waals surface area contributed by atoms with E-state index in [0.717, 1.165) is 25.1 Å². The standard InChI is InChI=1S/C25H18ClF12N3O4S/c1-2-46(44,41-20(43)24(33,34)35)11-19(42)39-10-13-4-3-12(5-17(13)26)18-9-21(45-40-18,25(36,37)38)14-6-15(22(27,28)29)8-16(7-14)23(30,31)32/h3-9,11,40H,2,10H2,1H3,(H,39,42)(H,41,43,44). The molecule has 0 spiro atoms. The fourth-order valence-corrected chi connectivity index (χ4v) is 5.29. The summed E-state index contributed by atoms with van der Waals surface area (Å²) >= 11 is 6.12. The van der Waals surface area contributed by atoms with Crippen molar-refractivity contribution in [1.82, 2.24) is 15.5 Å². The van der Waals surface area contributed by atoms with Crippen LogP contribution in [0.1, 0.15) is 34.7 Å². The number of hydroxylamine groups is 1. The van der Waals surface area contributed by atoms with Crippen LogP contribution in [0.3, 0.4) is 0 Å². The smallest absolute Gasteiger partial charge is 0.348 e. The van der Waals surface area contributed by atoms with E-state index in [4.69, 9.17) is 11.6 Å². The molecule has 2 aromatic carbocycles. The number of halogens is 13. The van der Waals surface area contributed by atoms with Crippen molar-refractivity contribution in [2.45, 2.75) is 43.8 Å². The third-order valence-corrected chi connectivity index (χ3v) is 8.51. The molecule has 2 aromatic rings. The highest BCUT2D eigenvalue weighted by atomic mass is 35.5. The lowest BCUT2D eigenvalue weighted by atomic mass is 9.88. The molecule has 0 bridgehead atoms. The van der Waals surface area contributed by atoms with Crippen molar-refractivity contribution in [2.24, 2.45) is 0 Å². The number of carbonyl (C=O) groups excluding carboxylic acids is 2. The summed E-state index contributed by atoms with van der Waals surface area (Å²) in [5.74, 6) is -4.33. The molecule has 21 heteroatoms. The Bertz CT molecular complexity index is 1640. The highest BCUT2D eigenvalue weighted by molar-refractivity contribution is 8.01. The van der Waals surface area contributed by atoms with Gasteiger partial charge in [0.15, 0.2) is 0 Å². The highest BCUT2D eigenvalue weighted by Crippen LogP contribution is 2.49. The second-order valence-electron chi connectivity index (χ2n) is 9.38. The van der Waals surface area contributed by atoms with Crippen molar-refractivity contribution in [1.29, 1.82) is 0 Å². The monoisotopic (exact) mass is 719 g/mol. The van der Waals surface area contributed by atoms with Crippen molar-refractivity contribution < 1.29 is 71.3 Å². The Kier molecular flexibility index (Phi) is 10.0. The van der Waals surface area contributed by atoms with E-state index in [1.807, 2.05) is 5.48 Å². The van der Waals surface area contributed by atoms with Crippen LogP contribution in [0, 0.1) is 0 Å². The first-order valence-corrected chi connectivity index (χ1v) is 14.3. The second-order valence-corrected chi connectivity index (χ2v) is 12.3. The molecule has 0 aliphatic carbocycles. The number of alkyl halides is 12. The fourth-order valence-electron chi connectivity index (χ4n) is 3.81. The average Bonchev–Trinajstić information content (AvgIpc) is 3.38. The minimum atomic E-state index is -5.60. The number of amides is 2. The Balaban J connectivity index is 1.93. The lowest BCUT2D eigenvalue weighted by molar-refractivity contribution is -0.269. The molecule has 1 aliphatic heterocycles. The van der Waals surface area contributed by atoms with Gasteiger partial charge in [0, 0.05) is 28.4 Å². The van der Waals surface area contributed by atoms with Crippen molar-refractivity contribution in [3.63, 3.8) is 0 Å². The Labute approximate surface area is 256 Å². The molecule has 1 aliphatic rings. The zero-order chi connectivity index (χ0) is 35.1. The molecule has 0 fully saturated rings. The van der Waals surface area contributed by atoms with Crippen molar-refractivity contribution >= 4 is 44.2 Å². The lowest BCUT2D eigenvalue weighted by Gasteiger charge is -2.29. The van der Waals surface area contributed by atoms with Crippen molar-refractivity contribution in [3.8, 4) is 0 Å². The molecule has 3 N–H and O–H groups in total. The predicted molar refractivity (Wildman–Crippen MR) is 139 cm³/mol. The predicted octanol–water partition coefficient (Wildman–Crippen LogP) is 6.03. The van der Waals surface area contributed by atoms with Gasteiger partial charge >= 0.3 is 30.6 Å². The molecule has 2 amide bonds.